The van der Waals surface area contributed by atoms with Crippen molar-refractivity contribution in [2.45, 2.75) is 81.6 Å². The fraction of sp³-hybridized carbons (Fsp3) is 0.852. The number of hydrogen-bond acceptors (Lipinski definition) is 14. The fourth-order valence-corrected chi connectivity index (χ4v) is 4.61. The van der Waals surface area contributed by atoms with Gasteiger partial charge in [-0.25, -0.2) is 0 Å². The lowest BCUT2D eigenvalue weighted by Crippen LogP contribution is -2.59. The van der Waals surface area contributed by atoms with Crippen molar-refractivity contribution in [2.75, 3.05) is 65.7 Å². The van der Waals surface area contributed by atoms with E-state index in [4.69, 9.17) is 24.7 Å². The molecule has 2 fully saturated rings. The summed E-state index contributed by atoms with van der Waals surface area (Å²) < 4.78 is 21.4. The molecular formula is C27H49N5O13. The van der Waals surface area contributed by atoms with Crippen LogP contribution in [-0.4, -0.2) is 163 Å². The van der Waals surface area contributed by atoms with Crippen molar-refractivity contribution in [3.8, 4) is 0 Å². The molecule has 0 radical (unpaired) electrons. The molecule has 260 valence electrons. The highest BCUT2D eigenvalue weighted by atomic mass is 16.7. The van der Waals surface area contributed by atoms with Crippen LogP contribution in [0.1, 0.15) is 38.5 Å². The zero-order chi connectivity index (χ0) is 33.2. The summed E-state index contributed by atoms with van der Waals surface area (Å²) in [4.78, 5) is 49.9. The lowest BCUT2D eigenvalue weighted by atomic mass is 9.99. The van der Waals surface area contributed by atoms with Crippen LogP contribution in [0.2, 0.25) is 0 Å². The SMILES string of the molecule is NC(=O)CCCCCNC(=O)CN(CC(=O)NCCOC1OCCCC1O)CC(=O)NCCO[C@H]1OC(CO)[C@@H](O)C(O)C1O. The maximum atomic E-state index is 12.6. The lowest BCUT2D eigenvalue weighted by molar-refractivity contribution is -0.300. The standard InChI is InChI=1S/C27H49N5O13/c28-19(35)6-2-1-3-7-29-20(36)13-32(14-21(37)30-8-11-43-26-17(34)5-4-10-42-26)15-22(38)31-9-12-44-27-25(41)24(40)23(39)18(16-33)45-27/h17-18,23-27,33-34,39-41H,1-16H2,(H2,28,35)(H,29,36)(H,30,37)(H,31,38)/t17?,18?,23-,24?,25?,26?,27+/m1/s1. The molecule has 0 bridgehead atoms. The Morgan fingerprint density at radius 1 is 0.778 bits per heavy atom. The monoisotopic (exact) mass is 651 g/mol. The molecule has 0 spiro atoms. The largest absolute Gasteiger partial charge is 0.394 e. The van der Waals surface area contributed by atoms with Gasteiger partial charge in [-0.05, 0) is 25.7 Å². The van der Waals surface area contributed by atoms with Gasteiger partial charge >= 0.3 is 0 Å². The van der Waals surface area contributed by atoms with Gasteiger partial charge in [-0.3, -0.25) is 24.1 Å². The Morgan fingerprint density at radius 3 is 1.91 bits per heavy atom. The molecule has 0 saturated carbocycles. The summed E-state index contributed by atoms with van der Waals surface area (Å²) in [6, 6.07) is 0. The van der Waals surface area contributed by atoms with E-state index in [0.29, 0.717) is 38.8 Å². The molecule has 7 atom stereocenters. The van der Waals surface area contributed by atoms with E-state index in [0.717, 1.165) is 6.42 Å². The minimum absolute atomic E-state index is 0.0577. The first kappa shape index (κ1) is 38.7. The van der Waals surface area contributed by atoms with E-state index in [9.17, 15) is 44.7 Å². The molecule has 5 unspecified atom stereocenters. The van der Waals surface area contributed by atoms with Gasteiger partial charge in [-0.2, -0.15) is 0 Å². The first-order valence-electron chi connectivity index (χ1n) is 15.2. The van der Waals surface area contributed by atoms with E-state index >= 15 is 0 Å². The van der Waals surface area contributed by atoms with Gasteiger partial charge in [0, 0.05) is 32.7 Å². The van der Waals surface area contributed by atoms with Gasteiger partial charge in [0.1, 0.15) is 30.5 Å². The maximum absolute atomic E-state index is 12.6. The molecule has 2 rings (SSSR count). The van der Waals surface area contributed by atoms with Gasteiger partial charge < -0.3 is 66.2 Å². The number of aliphatic hydroxyl groups excluding tert-OH is 5. The van der Waals surface area contributed by atoms with E-state index in [1.54, 1.807) is 0 Å². The van der Waals surface area contributed by atoms with E-state index in [1.165, 1.54) is 4.90 Å². The first-order valence-corrected chi connectivity index (χ1v) is 15.2. The highest BCUT2D eigenvalue weighted by molar-refractivity contribution is 5.84. The average Bonchev–Trinajstić information content (AvgIpc) is 2.99. The second-order valence-corrected chi connectivity index (χ2v) is 10.9. The number of primary amides is 1. The molecule has 0 aromatic heterocycles. The number of nitrogens with one attached hydrogen (secondary N) is 3. The van der Waals surface area contributed by atoms with Gasteiger partial charge in [0.25, 0.3) is 0 Å². The van der Waals surface area contributed by atoms with Gasteiger partial charge in [0.2, 0.25) is 23.6 Å². The quantitative estimate of drug-likeness (QED) is 0.0526. The third-order valence-electron chi connectivity index (χ3n) is 7.03. The van der Waals surface area contributed by atoms with Gasteiger partial charge in [-0.1, -0.05) is 6.42 Å². The Kier molecular flexibility index (Phi) is 18.3. The van der Waals surface area contributed by atoms with Crippen LogP contribution in [0, 0.1) is 0 Å². The number of unbranched alkanes of at least 4 members (excludes halogenated alkanes) is 2. The number of hydrogen-bond donors (Lipinski definition) is 9. The lowest BCUT2D eigenvalue weighted by Gasteiger charge is -2.39. The van der Waals surface area contributed by atoms with Crippen LogP contribution in [-0.2, 0) is 38.1 Å². The van der Waals surface area contributed by atoms with Crippen LogP contribution >= 0.6 is 0 Å². The Hall–Kier alpha value is -2.52. The minimum atomic E-state index is -1.60. The second kappa shape index (κ2) is 21.3. The van der Waals surface area contributed by atoms with Crippen LogP contribution in [0.5, 0.6) is 0 Å². The van der Waals surface area contributed by atoms with Crippen molar-refractivity contribution >= 4 is 23.6 Å². The van der Waals surface area contributed by atoms with Crippen molar-refractivity contribution < 1.29 is 63.7 Å². The molecule has 18 nitrogen and oxygen atoms in total. The number of nitrogens with zero attached hydrogens (tertiary/aromatic N) is 1. The number of aliphatic hydroxyl groups is 5. The fourth-order valence-electron chi connectivity index (χ4n) is 4.61. The van der Waals surface area contributed by atoms with Crippen LogP contribution in [0.4, 0.5) is 0 Å². The number of carbonyl (C=O) groups excluding carboxylic acids is 4. The summed E-state index contributed by atoms with van der Waals surface area (Å²) in [6.07, 6.45) is -5.25. The molecular weight excluding hydrogens is 602 g/mol. The summed E-state index contributed by atoms with van der Waals surface area (Å²) in [5, 5.41) is 56.8. The minimum Gasteiger partial charge on any atom is -0.394 e. The van der Waals surface area contributed by atoms with Crippen LogP contribution in [0.25, 0.3) is 0 Å². The number of ether oxygens (including phenoxy) is 4. The van der Waals surface area contributed by atoms with Gasteiger partial charge in [0.05, 0.1) is 39.5 Å². The summed E-state index contributed by atoms with van der Waals surface area (Å²) >= 11 is 0. The summed E-state index contributed by atoms with van der Waals surface area (Å²) in [5.74, 6) is -1.81. The Morgan fingerprint density at radius 2 is 1.36 bits per heavy atom. The molecule has 2 saturated heterocycles. The third-order valence-corrected chi connectivity index (χ3v) is 7.03. The zero-order valence-corrected chi connectivity index (χ0v) is 25.4. The second-order valence-electron chi connectivity index (χ2n) is 10.9. The van der Waals surface area contributed by atoms with E-state index < -0.39 is 73.3 Å². The predicted molar refractivity (Wildman–Crippen MR) is 154 cm³/mol. The summed E-state index contributed by atoms with van der Waals surface area (Å²) in [5.41, 5.74) is 5.11. The van der Waals surface area contributed by atoms with Gasteiger partial charge in [-0.15, -0.1) is 0 Å². The first-order chi connectivity index (χ1) is 21.5. The van der Waals surface area contributed by atoms with Crippen molar-refractivity contribution in [2.24, 2.45) is 5.73 Å². The Bertz CT molecular complexity index is 914. The van der Waals surface area contributed by atoms with Crippen molar-refractivity contribution in [1.82, 2.24) is 20.9 Å². The molecule has 18 heteroatoms. The van der Waals surface area contributed by atoms with E-state index in [1.807, 2.05) is 0 Å². The molecule has 0 aromatic carbocycles. The molecule has 2 heterocycles. The topological polar surface area (TPSA) is 272 Å². The molecule has 2 aliphatic rings. The molecule has 10 N–H and O–H groups in total. The maximum Gasteiger partial charge on any atom is 0.234 e. The highest BCUT2D eigenvalue weighted by Crippen LogP contribution is 2.21. The van der Waals surface area contributed by atoms with Gasteiger partial charge in [0.15, 0.2) is 12.6 Å². The zero-order valence-electron chi connectivity index (χ0n) is 25.4. The van der Waals surface area contributed by atoms with Crippen molar-refractivity contribution in [3.63, 3.8) is 0 Å². The van der Waals surface area contributed by atoms with E-state index in [2.05, 4.69) is 16.0 Å². The number of nitrogens with two attached hydrogens (primary N) is 1. The average molecular weight is 652 g/mol. The molecule has 0 aliphatic carbocycles. The Balaban J connectivity index is 1.79. The van der Waals surface area contributed by atoms with E-state index in [-0.39, 0.29) is 52.4 Å². The third kappa shape index (κ3) is 15.1. The molecule has 0 aromatic rings. The molecule has 4 amide bonds. The summed E-state index contributed by atoms with van der Waals surface area (Å²) in [6.45, 7) is -0.701. The molecule has 45 heavy (non-hydrogen) atoms. The van der Waals surface area contributed by atoms with Crippen molar-refractivity contribution in [1.29, 1.82) is 0 Å². The number of carbonyl (C=O) groups is 4. The van der Waals surface area contributed by atoms with Crippen LogP contribution < -0.4 is 21.7 Å². The smallest absolute Gasteiger partial charge is 0.234 e. The normalized spacial score (nSPS) is 26.8. The molecule has 2 aliphatic heterocycles. The predicted octanol–water partition coefficient (Wildman–Crippen LogP) is -4.99. The number of rotatable bonds is 21. The summed E-state index contributed by atoms with van der Waals surface area (Å²) in [7, 11) is 0. The highest BCUT2D eigenvalue weighted by Gasteiger charge is 2.44. The van der Waals surface area contributed by atoms with Crippen LogP contribution in [0.15, 0.2) is 0 Å². The Labute approximate surface area is 261 Å². The number of amides is 4. The van der Waals surface area contributed by atoms with Crippen molar-refractivity contribution in [3.05, 3.63) is 0 Å². The van der Waals surface area contributed by atoms with Crippen LogP contribution in [0.3, 0.4) is 0 Å².